The zero-order valence-corrected chi connectivity index (χ0v) is 21.2. The van der Waals surface area contributed by atoms with Crippen LogP contribution in [0.3, 0.4) is 0 Å². The normalized spacial score (nSPS) is 24.2. The second kappa shape index (κ2) is 9.52. The molecule has 5 rings (SSSR count). The smallest absolute Gasteiger partial charge is 0.355 e. The molecule has 1 saturated heterocycles. The van der Waals surface area contributed by atoms with Gasteiger partial charge in [0, 0.05) is 23.1 Å². The van der Waals surface area contributed by atoms with Gasteiger partial charge in [-0.05, 0) is 23.3 Å². The Bertz CT molecular complexity index is 1120. The van der Waals surface area contributed by atoms with Gasteiger partial charge < -0.3 is 9.47 Å². The summed E-state index contributed by atoms with van der Waals surface area (Å²) in [5.41, 5.74) is 1.45. The molecule has 8 nitrogen and oxygen atoms in total. The standard InChI is InChI=1S/C22H19ClN2O6S3/c1-30-13-4-2-11(3-5-13)9-31-22(29)14-12(8-23)10-34-21-15(18(26)25(14)21)24-19(27)16-17(20(24)28)33-7-6-32-16/h2-5,15,21H,6-10H2,1H3. The van der Waals surface area contributed by atoms with Crippen LogP contribution in [0.15, 0.2) is 45.3 Å². The summed E-state index contributed by atoms with van der Waals surface area (Å²) in [7, 11) is 1.57. The summed E-state index contributed by atoms with van der Waals surface area (Å²) in [6, 6.07) is 6.14. The van der Waals surface area contributed by atoms with E-state index in [1.54, 1.807) is 31.4 Å². The molecule has 1 aromatic carbocycles. The second-order valence-electron chi connectivity index (χ2n) is 7.70. The Labute approximate surface area is 213 Å². The lowest BCUT2D eigenvalue weighted by molar-refractivity contribution is -0.162. The third-order valence-corrected chi connectivity index (χ3v) is 9.98. The van der Waals surface area contributed by atoms with Gasteiger partial charge in [0.25, 0.3) is 17.7 Å². The van der Waals surface area contributed by atoms with Crippen LogP contribution in [-0.2, 0) is 30.5 Å². The summed E-state index contributed by atoms with van der Waals surface area (Å²) in [4.78, 5) is 55.4. The zero-order chi connectivity index (χ0) is 24.0. The lowest BCUT2D eigenvalue weighted by Gasteiger charge is -2.51. The molecule has 0 bridgehead atoms. The molecule has 4 aliphatic rings. The zero-order valence-electron chi connectivity index (χ0n) is 17.9. The third kappa shape index (κ3) is 3.82. The van der Waals surface area contributed by atoms with Crippen LogP contribution in [0.5, 0.6) is 5.75 Å². The first-order valence-electron chi connectivity index (χ1n) is 10.4. The molecule has 2 unspecified atom stereocenters. The number of esters is 1. The predicted octanol–water partition coefficient (Wildman–Crippen LogP) is 2.58. The van der Waals surface area contributed by atoms with Gasteiger partial charge in [0.05, 0.1) is 16.9 Å². The van der Waals surface area contributed by atoms with Gasteiger partial charge in [-0.25, -0.2) is 4.79 Å². The maximum absolute atomic E-state index is 13.2. The summed E-state index contributed by atoms with van der Waals surface area (Å²) in [5, 5.41) is -0.549. The number of amides is 3. The van der Waals surface area contributed by atoms with Crippen molar-refractivity contribution in [2.24, 2.45) is 0 Å². The number of carbonyl (C=O) groups is 4. The number of hydrogen-bond acceptors (Lipinski definition) is 9. The van der Waals surface area contributed by atoms with Crippen molar-refractivity contribution in [3.8, 4) is 5.75 Å². The first-order valence-corrected chi connectivity index (χ1v) is 13.9. The Morgan fingerprint density at radius 1 is 1.06 bits per heavy atom. The van der Waals surface area contributed by atoms with Crippen LogP contribution in [0.4, 0.5) is 0 Å². The van der Waals surface area contributed by atoms with Crippen LogP contribution in [-0.4, -0.2) is 75.2 Å². The number of benzene rings is 1. The van der Waals surface area contributed by atoms with Crippen LogP contribution in [0, 0.1) is 0 Å². The summed E-state index contributed by atoms with van der Waals surface area (Å²) >= 11 is 10.2. The molecular weight excluding hydrogens is 520 g/mol. The van der Waals surface area contributed by atoms with Gasteiger partial charge in [-0.2, -0.15) is 0 Å². The van der Waals surface area contributed by atoms with E-state index in [2.05, 4.69) is 0 Å². The highest BCUT2D eigenvalue weighted by Gasteiger charge is 2.60. The van der Waals surface area contributed by atoms with Crippen molar-refractivity contribution in [1.82, 2.24) is 9.80 Å². The van der Waals surface area contributed by atoms with E-state index in [-0.39, 0.29) is 18.2 Å². The molecule has 12 heteroatoms. The highest BCUT2D eigenvalue weighted by molar-refractivity contribution is 8.11. The van der Waals surface area contributed by atoms with E-state index in [0.29, 0.717) is 26.9 Å². The first kappa shape index (κ1) is 23.7. The Kier molecular flexibility index (Phi) is 6.62. The maximum atomic E-state index is 13.2. The Morgan fingerprint density at radius 2 is 1.71 bits per heavy atom. The van der Waals surface area contributed by atoms with E-state index in [1.165, 1.54) is 40.2 Å². The number of carbonyl (C=O) groups excluding carboxylic acids is 4. The molecule has 178 valence electrons. The number of halogens is 1. The SMILES string of the molecule is COc1ccc(COC(=O)C2=C(CCl)CSC3C(N4C(=O)C5=C(SCCS5)C4=O)C(=O)N23)cc1. The first-order chi connectivity index (χ1) is 16.5. The number of hydrogen-bond donors (Lipinski definition) is 0. The molecule has 0 N–H and O–H groups in total. The molecule has 4 heterocycles. The predicted molar refractivity (Wildman–Crippen MR) is 131 cm³/mol. The van der Waals surface area contributed by atoms with Crippen molar-refractivity contribution in [3.05, 3.63) is 50.9 Å². The Hall–Kier alpha value is -2.08. The van der Waals surface area contributed by atoms with E-state index in [4.69, 9.17) is 21.1 Å². The van der Waals surface area contributed by atoms with Crippen molar-refractivity contribution in [3.63, 3.8) is 0 Å². The second-order valence-corrected chi connectivity index (χ2v) is 11.3. The number of imide groups is 1. The van der Waals surface area contributed by atoms with E-state index in [1.807, 2.05) is 0 Å². The van der Waals surface area contributed by atoms with E-state index < -0.39 is 35.1 Å². The van der Waals surface area contributed by atoms with Gasteiger partial charge in [0.15, 0.2) is 0 Å². The summed E-state index contributed by atoms with van der Waals surface area (Å²) < 4.78 is 10.6. The van der Waals surface area contributed by atoms with Crippen molar-refractivity contribution in [1.29, 1.82) is 0 Å². The highest BCUT2D eigenvalue weighted by atomic mass is 35.5. The lowest BCUT2D eigenvalue weighted by Crippen LogP contribution is -2.71. The van der Waals surface area contributed by atoms with Crippen molar-refractivity contribution in [2.75, 3.05) is 30.2 Å². The number of methoxy groups -OCH3 is 1. The molecule has 1 fully saturated rings. The van der Waals surface area contributed by atoms with Crippen molar-refractivity contribution < 1.29 is 28.7 Å². The highest BCUT2D eigenvalue weighted by Crippen LogP contribution is 2.48. The minimum Gasteiger partial charge on any atom is -0.497 e. The minimum absolute atomic E-state index is 0.0132. The molecular formula is C22H19ClN2O6S3. The van der Waals surface area contributed by atoms with Crippen LogP contribution in [0.1, 0.15) is 5.56 Å². The molecule has 0 radical (unpaired) electrons. The fourth-order valence-corrected chi connectivity index (χ4v) is 8.13. The fourth-order valence-electron chi connectivity index (χ4n) is 4.10. The third-order valence-electron chi connectivity index (χ3n) is 5.79. The molecule has 0 spiro atoms. The van der Waals surface area contributed by atoms with Gasteiger partial charge in [-0.15, -0.1) is 46.9 Å². The van der Waals surface area contributed by atoms with Crippen LogP contribution in [0.25, 0.3) is 0 Å². The Morgan fingerprint density at radius 3 is 2.29 bits per heavy atom. The molecule has 0 saturated carbocycles. The van der Waals surface area contributed by atoms with Gasteiger partial charge in [-0.1, -0.05) is 12.1 Å². The van der Waals surface area contributed by atoms with E-state index >= 15 is 0 Å². The van der Waals surface area contributed by atoms with Gasteiger partial charge in [0.1, 0.15) is 29.5 Å². The number of rotatable bonds is 6. The van der Waals surface area contributed by atoms with Gasteiger partial charge in [0.2, 0.25) is 0 Å². The number of alkyl halides is 1. The molecule has 0 aliphatic carbocycles. The summed E-state index contributed by atoms with van der Waals surface area (Å²) in [5.74, 6) is 0.638. The molecule has 4 aliphatic heterocycles. The largest absolute Gasteiger partial charge is 0.497 e. The monoisotopic (exact) mass is 538 g/mol. The van der Waals surface area contributed by atoms with Crippen LogP contribution < -0.4 is 4.74 Å². The van der Waals surface area contributed by atoms with Gasteiger partial charge >= 0.3 is 5.97 Å². The number of nitrogens with zero attached hydrogens (tertiary/aromatic N) is 2. The maximum Gasteiger partial charge on any atom is 0.355 e. The lowest BCUT2D eigenvalue weighted by atomic mass is 10.0. The molecule has 1 aromatic rings. The number of ether oxygens (including phenoxy) is 2. The summed E-state index contributed by atoms with van der Waals surface area (Å²) in [6.07, 6.45) is 0. The molecule has 3 amide bonds. The fraction of sp³-hybridized carbons (Fsp3) is 0.364. The number of β-lactam (4-membered cyclic amide) rings is 1. The summed E-state index contributed by atoms with van der Waals surface area (Å²) in [6.45, 7) is 0.0132. The average Bonchev–Trinajstić information content (AvgIpc) is 3.12. The molecule has 0 aromatic heterocycles. The van der Waals surface area contributed by atoms with E-state index in [9.17, 15) is 19.2 Å². The Balaban J connectivity index is 1.33. The van der Waals surface area contributed by atoms with Gasteiger partial charge in [-0.3, -0.25) is 24.2 Å². The number of fused-ring (bicyclic) bond motifs is 1. The molecule has 34 heavy (non-hydrogen) atoms. The van der Waals surface area contributed by atoms with Crippen molar-refractivity contribution >= 4 is 70.6 Å². The van der Waals surface area contributed by atoms with Crippen molar-refractivity contribution in [2.45, 2.75) is 18.0 Å². The molecule has 2 atom stereocenters. The minimum atomic E-state index is -0.946. The van der Waals surface area contributed by atoms with Crippen LogP contribution in [0.2, 0.25) is 0 Å². The number of thioether (sulfide) groups is 3. The topological polar surface area (TPSA) is 93.2 Å². The van der Waals surface area contributed by atoms with Crippen LogP contribution >= 0.6 is 46.9 Å². The van der Waals surface area contributed by atoms with E-state index in [0.717, 1.165) is 22.0 Å². The quantitative estimate of drug-likeness (QED) is 0.234. The average molecular weight is 539 g/mol.